The van der Waals surface area contributed by atoms with E-state index in [2.05, 4.69) is 83.1 Å². The molecule has 256 valence electrons. The summed E-state index contributed by atoms with van der Waals surface area (Å²) in [6.45, 7) is 28.6. The summed E-state index contributed by atoms with van der Waals surface area (Å²) >= 11 is 0. The van der Waals surface area contributed by atoms with Crippen LogP contribution >= 0.6 is 0 Å². The van der Waals surface area contributed by atoms with Crippen LogP contribution in [0, 0.1) is 0 Å². The molecule has 0 aliphatic heterocycles. The second kappa shape index (κ2) is 29.7. The molecule has 0 bridgehead atoms. The maximum atomic E-state index is 5.96. The number of nitrogens with zero attached hydrogens (tertiary/aromatic N) is 2. The Morgan fingerprint density at radius 2 is 0.326 bits per heavy atom. The first-order valence-corrected chi connectivity index (χ1v) is 29.9. The second-order valence-electron chi connectivity index (χ2n) is 14.1. The molecule has 0 aliphatic carbocycles. The molecule has 0 aromatic rings. The predicted octanol–water partition coefficient (Wildman–Crippen LogP) is 15.0. The fourth-order valence-electron chi connectivity index (χ4n) is 8.76. The van der Waals surface area contributed by atoms with Gasteiger partial charge < -0.3 is 9.30 Å². The van der Waals surface area contributed by atoms with Crippen LogP contribution in [-0.2, 0) is 0 Å². The maximum absolute atomic E-state index is 5.96. The number of hydrogen-bond acceptors (Lipinski definition) is 0. The van der Waals surface area contributed by atoms with Gasteiger partial charge in [0.05, 0.1) is 0 Å². The topological polar surface area (TPSA) is 28.2 Å². The largest absolute Gasteiger partial charge is 2.00 e. The second-order valence-corrected chi connectivity index (χ2v) is 31.7. The Morgan fingerprint density at radius 3 is 0.395 bits per heavy atom. The van der Waals surface area contributed by atoms with Crippen molar-refractivity contribution in [3.63, 3.8) is 0 Å². The van der Waals surface area contributed by atoms with Crippen molar-refractivity contribution in [1.29, 1.82) is 0 Å². The SMILES string of the molecule is CCC[Si](CCC)(CCC)[N-][Si](CCC)(CCC)CCC.CCC[Si](CCC)(CCC)[N-][Si](CCC)(CCC)CCC.[Mg+2]. The minimum Gasteiger partial charge on any atom is -0.666 e. The van der Waals surface area contributed by atoms with Crippen LogP contribution in [0.2, 0.25) is 72.5 Å². The Bertz CT molecular complexity index is 428. The van der Waals surface area contributed by atoms with Gasteiger partial charge >= 0.3 is 23.1 Å². The van der Waals surface area contributed by atoms with E-state index in [1.807, 2.05) is 0 Å². The van der Waals surface area contributed by atoms with Gasteiger partial charge in [-0.2, -0.15) is 0 Å². The van der Waals surface area contributed by atoms with Gasteiger partial charge in [-0.05, 0) is 0 Å². The number of rotatable bonds is 28. The van der Waals surface area contributed by atoms with Gasteiger partial charge in [0.15, 0.2) is 0 Å². The Labute approximate surface area is 296 Å². The van der Waals surface area contributed by atoms with Crippen LogP contribution in [0.15, 0.2) is 0 Å². The van der Waals surface area contributed by atoms with Gasteiger partial charge in [0.1, 0.15) is 0 Å². The molecule has 0 saturated carbocycles. The van der Waals surface area contributed by atoms with E-state index >= 15 is 0 Å². The molecule has 0 aliphatic rings. The van der Waals surface area contributed by atoms with Gasteiger partial charge in [-0.1, -0.05) is 266 Å². The first kappa shape index (κ1) is 48.9. The van der Waals surface area contributed by atoms with Crippen molar-refractivity contribution >= 4 is 56.0 Å². The third-order valence-corrected chi connectivity index (χ3v) is 34.3. The van der Waals surface area contributed by atoms with E-state index in [1.165, 1.54) is 150 Å². The summed E-state index contributed by atoms with van der Waals surface area (Å²) in [5.41, 5.74) is 0. The zero-order valence-electron chi connectivity index (χ0n) is 32.6. The molecule has 7 heteroatoms. The molecule has 2 nitrogen and oxygen atoms in total. The van der Waals surface area contributed by atoms with E-state index in [9.17, 15) is 0 Å². The molecule has 0 amide bonds. The third-order valence-electron chi connectivity index (χ3n) is 9.53. The number of hydrogen-bond donors (Lipinski definition) is 0. The monoisotopic (exact) mass is 681 g/mol. The van der Waals surface area contributed by atoms with Crippen LogP contribution in [0.5, 0.6) is 0 Å². The van der Waals surface area contributed by atoms with Crippen molar-refractivity contribution in [2.24, 2.45) is 0 Å². The molecule has 0 saturated heterocycles. The summed E-state index contributed by atoms with van der Waals surface area (Å²) < 4.78 is 11.9. The average molecular weight is 682 g/mol. The van der Waals surface area contributed by atoms with Crippen LogP contribution < -0.4 is 0 Å². The summed E-state index contributed by atoms with van der Waals surface area (Å²) in [6, 6.07) is 17.5. The molecule has 0 heterocycles. The summed E-state index contributed by atoms with van der Waals surface area (Å²) in [5.74, 6) is 0. The fraction of sp³-hybridized carbons (Fsp3) is 1.00. The molecule has 0 aromatic heterocycles. The van der Waals surface area contributed by atoms with Crippen molar-refractivity contribution in [2.75, 3.05) is 0 Å². The molecule has 0 N–H and O–H groups in total. The first-order valence-electron chi connectivity index (χ1n) is 19.6. The van der Waals surface area contributed by atoms with Crippen LogP contribution in [0.25, 0.3) is 9.30 Å². The maximum Gasteiger partial charge on any atom is 2.00 e. The van der Waals surface area contributed by atoms with Crippen LogP contribution in [-0.4, -0.2) is 56.0 Å². The standard InChI is InChI=1S/2C18H42NSi2.Mg/c2*1-7-13-20(14-8-2,15-9-3)19-21(16-10-4,17-11-5)18-12-6;/h2*7-18H2,1-6H3;/q2*-1;+2. The molecular formula is C36H84MgN2Si4. The smallest absolute Gasteiger partial charge is 0.666 e. The van der Waals surface area contributed by atoms with Gasteiger partial charge in [0, 0.05) is 0 Å². The molecule has 0 atom stereocenters. The minimum absolute atomic E-state index is 0. The Hall–Kier alpha value is 1.55. The van der Waals surface area contributed by atoms with E-state index in [1.54, 1.807) is 0 Å². The van der Waals surface area contributed by atoms with E-state index in [4.69, 9.17) is 9.30 Å². The summed E-state index contributed by atoms with van der Waals surface area (Å²) in [7, 11) is -5.42. The quantitative estimate of drug-likeness (QED) is 0.0736. The van der Waals surface area contributed by atoms with Crippen LogP contribution in [0.1, 0.15) is 160 Å². The molecular weight excluding hydrogens is 597 g/mol. The zero-order valence-corrected chi connectivity index (χ0v) is 38.0. The van der Waals surface area contributed by atoms with Crippen molar-refractivity contribution in [2.45, 2.75) is 233 Å². The average Bonchev–Trinajstić information content (AvgIpc) is 2.91. The fourth-order valence-corrected chi connectivity index (χ4v) is 36.3. The molecule has 43 heavy (non-hydrogen) atoms. The minimum atomic E-state index is -1.36. The Morgan fingerprint density at radius 1 is 0.233 bits per heavy atom. The molecule has 0 fully saturated rings. The van der Waals surface area contributed by atoms with E-state index < -0.39 is 32.9 Å². The van der Waals surface area contributed by atoms with Crippen molar-refractivity contribution in [3.05, 3.63) is 9.30 Å². The molecule has 0 radical (unpaired) electrons. The molecule has 0 rings (SSSR count). The van der Waals surface area contributed by atoms with Gasteiger partial charge in [-0.3, -0.25) is 0 Å². The normalized spacial score (nSPS) is 12.6. The Balaban J connectivity index is -0.000000727. The summed E-state index contributed by atoms with van der Waals surface area (Å²) in [5, 5.41) is 0. The van der Waals surface area contributed by atoms with Gasteiger partial charge in [-0.15, -0.1) is 0 Å². The summed E-state index contributed by atoms with van der Waals surface area (Å²) in [4.78, 5) is 0. The van der Waals surface area contributed by atoms with Crippen LogP contribution in [0.4, 0.5) is 0 Å². The van der Waals surface area contributed by atoms with Crippen molar-refractivity contribution < 1.29 is 0 Å². The van der Waals surface area contributed by atoms with E-state index in [-0.39, 0.29) is 23.1 Å². The Kier molecular flexibility index (Phi) is 33.8. The molecule has 0 aromatic carbocycles. The van der Waals surface area contributed by atoms with Crippen LogP contribution in [0.3, 0.4) is 0 Å². The van der Waals surface area contributed by atoms with Crippen molar-refractivity contribution in [3.8, 4) is 0 Å². The van der Waals surface area contributed by atoms with Crippen molar-refractivity contribution in [1.82, 2.24) is 0 Å². The van der Waals surface area contributed by atoms with E-state index in [0.717, 1.165) is 0 Å². The van der Waals surface area contributed by atoms with Gasteiger partial charge in [-0.25, -0.2) is 0 Å². The van der Waals surface area contributed by atoms with E-state index in [0.29, 0.717) is 0 Å². The summed E-state index contributed by atoms with van der Waals surface area (Å²) in [6.07, 6.45) is 16.2. The van der Waals surface area contributed by atoms with Gasteiger partial charge in [0.2, 0.25) is 0 Å². The zero-order chi connectivity index (χ0) is 32.4. The first-order chi connectivity index (χ1) is 20.1. The predicted molar refractivity (Wildman–Crippen MR) is 217 cm³/mol. The van der Waals surface area contributed by atoms with Gasteiger partial charge in [0.25, 0.3) is 0 Å². The molecule has 0 unspecified atom stereocenters. The third kappa shape index (κ3) is 19.8. The molecule has 0 spiro atoms.